The molecule has 1 aromatic heterocycles. The highest BCUT2D eigenvalue weighted by molar-refractivity contribution is 9.10. The Kier molecular flexibility index (Phi) is 3.76. The molecule has 0 N–H and O–H groups in total. The normalized spacial score (nSPS) is 10.2. The molecule has 1 heterocycles. The van der Waals surface area contributed by atoms with Crippen molar-refractivity contribution >= 4 is 15.9 Å². The number of halogens is 2. The lowest BCUT2D eigenvalue weighted by atomic mass is 10.1. The van der Waals surface area contributed by atoms with Crippen LogP contribution in [0.1, 0.15) is 17.0 Å². The molecule has 0 aliphatic rings. The van der Waals surface area contributed by atoms with Crippen molar-refractivity contribution in [2.45, 2.75) is 13.5 Å². The Morgan fingerprint density at radius 1 is 1.53 bits per heavy atom. The third kappa shape index (κ3) is 2.56. The second kappa shape index (κ2) is 5.33. The molecule has 6 heteroatoms. The van der Waals surface area contributed by atoms with Crippen molar-refractivity contribution in [3.63, 3.8) is 0 Å². The molecular weight excluding hydrogens is 313 g/mol. The van der Waals surface area contributed by atoms with Crippen molar-refractivity contribution in [3.8, 4) is 6.07 Å². The third-order valence-corrected chi connectivity index (χ3v) is 3.28. The van der Waals surface area contributed by atoms with Gasteiger partial charge in [-0.3, -0.25) is 9.36 Å². The molecule has 2 rings (SSSR count). The summed E-state index contributed by atoms with van der Waals surface area (Å²) >= 11 is 3.10. The molecule has 0 amide bonds. The van der Waals surface area contributed by atoms with E-state index in [1.54, 1.807) is 25.1 Å². The van der Waals surface area contributed by atoms with E-state index in [0.717, 1.165) is 0 Å². The van der Waals surface area contributed by atoms with Gasteiger partial charge in [-0.1, -0.05) is 12.1 Å². The first-order chi connectivity index (χ1) is 9.04. The lowest BCUT2D eigenvalue weighted by Gasteiger charge is -2.10. The van der Waals surface area contributed by atoms with Crippen molar-refractivity contribution in [1.82, 2.24) is 9.55 Å². The Hall–Kier alpha value is -2.00. The van der Waals surface area contributed by atoms with Gasteiger partial charge >= 0.3 is 0 Å². The van der Waals surface area contributed by atoms with Crippen LogP contribution >= 0.6 is 15.9 Å². The summed E-state index contributed by atoms with van der Waals surface area (Å²) in [5.74, 6) is -0.119. The second-order valence-electron chi connectivity index (χ2n) is 3.94. The highest BCUT2D eigenvalue weighted by Crippen LogP contribution is 2.14. The maximum absolute atomic E-state index is 14.0. The molecule has 0 saturated heterocycles. The molecule has 0 aliphatic heterocycles. The molecule has 0 bridgehead atoms. The Labute approximate surface area is 117 Å². The fraction of sp³-hybridized carbons (Fsp3) is 0.154. The van der Waals surface area contributed by atoms with E-state index < -0.39 is 5.82 Å². The van der Waals surface area contributed by atoms with Gasteiger partial charge in [0.05, 0.1) is 12.1 Å². The maximum Gasteiger partial charge on any atom is 0.268 e. The first-order valence-corrected chi connectivity index (χ1v) is 6.23. The highest BCUT2D eigenvalue weighted by Gasteiger charge is 2.11. The summed E-state index contributed by atoms with van der Waals surface area (Å²) in [5.41, 5.74) is -0.0374. The van der Waals surface area contributed by atoms with E-state index in [-0.39, 0.29) is 23.2 Å². The number of aromatic nitrogens is 2. The maximum atomic E-state index is 14.0. The molecule has 19 heavy (non-hydrogen) atoms. The molecule has 0 fully saturated rings. The second-order valence-corrected chi connectivity index (χ2v) is 4.79. The molecule has 0 atom stereocenters. The fourth-order valence-electron chi connectivity index (χ4n) is 1.70. The van der Waals surface area contributed by atoms with Gasteiger partial charge in [-0.25, -0.2) is 9.37 Å². The average molecular weight is 322 g/mol. The van der Waals surface area contributed by atoms with Crippen LogP contribution in [0.2, 0.25) is 0 Å². The van der Waals surface area contributed by atoms with Gasteiger partial charge in [0.1, 0.15) is 22.2 Å². The van der Waals surface area contributed by atoms with Crippen LogP contribution < -0.4 is 5.56 Å². The van der Waals surface area contributed by atoms with E-state index in [1.165, 1.54) is 16.8 Å². The van der Waals surface area contributed by atoms with E-state index in [0.29, 0.717) is 10.3 Å². The molecular formula is C13H9BrFN3O. The minimum atomic E-state index is -0.601. The Morgan fingerprint density at radius 2 is 2.26 bits per heavy atom. The molecule has 4 nitrogen and oxygen atoms in total. The zero-order valence-corrected chi connectivity index (χ0v) is 11.6. The van der Waals surface area contributed by atoms with Gasteiger partial charge in [-0.2, -0.15) is 5.26 Å². The Bertz CT molecular complexity index is 734. The lowest BCUT2D eigenvalue weighted by Crippen LogP contribution is -2.25. The molecule has 0 spiro atoms. The third-order valence-electron chi connectivity index (χ3n) is 2.73. The molecule has 0 unspecified atom stereocenters. The standard InChI is InChI=1S/C13H9BrFN3O/c1-8-17-6-11(14)13(19)18(8)7-10-4-2-3-9(5-16)12(10)15/h2-4,6H,7H2,1H3. The number of hydrogen-bond acceptors (Lipinski definition) is 3. The van der Waals surface area contributed by atoms with Gasteiger partial charge in [0.15, 0.2) is 0 Å². The largest absolute Gasteiger partial charge is 0.291 e. The summed E-state index contributed by atoms with van der Waals surface area (Å²) in [6.07, 6.45) is 1.41. The minimum absolute atomic E-state index is 0.0360. The zero-order chi connectivity index (χ0) is 14.0. The van der Waals surface area contributed by atoms with Crippen LogP contribution in [0.25, 0.3) is 0 Å². The van der Waals surface area contributed by atoms with Crippen LogP contribution in [-0.4, -0.2) is 9.55 Å². The van der Waals surface area contributed by atoms with Gasteiger partial charge in [-0.05, 0) is 28.9 Å². The van der Waals surface area contributed by atoms with Crippen molar-refractivity contribution < 1.29 is 4.39 Å². The van der Waals surface area contributed by atoms with E-state index in [9.17, 15) is 9.18 Å². The van der Waals surface area contributed by atoms with Gasteiger partial charge < -0.3 is 0 Å². The summed E-state index contributed by atoms with van der Waals surface area (Å²) in [5, 5.41) is 8.78. The van der Waals surface area contributed by atoms with Crippen LogP contribution in [-0.2, 0) is 6.54 Å². The zero-order valence-electron chi connectivity index (χ0n) is 10.0. The van der Waals surface area contributed by atoms with E-state index in [2.05, 4.69) is 20.9 Å². The fourth-order valence-corrected chi connectivity index (χ4v) is 2.01. The summed E-state index contributed by atoms with van der Waals surface area (Å²) in [6.45, 7) is 1.71. The van der Waals surface area contributed by atoms with E-state index in [4.69, 9.17) is 5.26 Å². The number of nitrogens with zero attached hydrogens (tertiary/aromatic N) is 3. The SMILES string of the molecule is Cc1ncc(Br)c(=O)n1Cc1cccc(C#N)c1F. The van der Waals surface area contributed by atoms with Gasteiger partial charge in [0.2, 0.25) is 0 Å². The monoisotopic (exact) mass is 321 g/mol. The lowest BCUT2D eigenvalue weighted by molar-refractivity contribution is 0.586. The van der Waals surface area contributed by atoms with Crippen LogP contribution in [0.4, 0.5) is 4.39 Å². The Morgan fingerprint density at radius 3 is 2.95 bits per heavy atom. The summed E-state index contributed by atoms with van der Waals surface area (Å²) in [6, 6.07) is 6.30. The van der Waals surface area contributed by atoms with Crippen molar-refractivity contribution in [1.29, 1.82) is 5.26 Å². The van der Waals surface area contributed by atoms with Crippen LogP contribution in [0, 0.1) is 24.1 Å². The topological polar surface area (TPSA) is 58.7 Å². The molecule has 1 aromatic carbocycles. The quantitative estimate of drug-likeness (QED) is 0.853. The van der Waals surface area contributed by atoms with Crippen LogP contribution in [0.15, 0.2) is 33.7 Å². The minimum Gasteiger partial charge on any atom is -0.291 e. The molecule has 2 aromatic rings. The van der Waals surface area contributed by atoms with Gasteiger partial charge in [0.25, 0.3) is 5.56 Å². The number of aryl methyl sites for hydroxylation is 1. The highest BCUT2D eigenvalue weighted by atomic mass is 79.9. The van der Waals surface area contributed by atoms with Crippen molar-refractivity contribution in [2.75, 3.05) is 0 Å². The van der Waals surface area contributed by atoms with E-state index in [1.807, 2.05) is 0 Å². The first-order valence-electron chi connectivity index (χ1n) is 5.44. The summed E-state index contributed by atoms with van der Waals surface area (Å²) in [4.78, 5) is 16.0. The van der Waals surface area contributed by atoms with Crippen molar-refractivity contribution in [2.24, 2.45) is 0 Å². The molecule has 0 saturated carbocycles. The van der Waals surface area contributed by atoms with Gasteiger partial charge in [0, 0.05) is 11.8 Å². The van der Waals surface area contributed by atoms with Crippen LogP contribution in [0.5, 0.6) is 0 Å². The Balaban J connectivity index is 2.52. The number of nitriles is 1. The first kappa shape index (κ1) is 13.4. The number of rotatable bonds is 2. The number of hydrogen-bond donors (Lipinski definition) is 0. The summed E-state index contributed by atoms with van der Waals surface area (Å²) < 4.78 is 15.6. The van der Waals surface area contributed by atoms with Crippen LogP contribution in [0.3, 0.4) is 0 Å². The molecule has 0 radical (unpaired) electrons. The van der Waals surface area contributed by atoms with Crippen molar-refractivity contribution in [3.05, 3.63) is 62.0 Å². The predicted molar refractivity (Wildman–Crippen MR) is 71.2 cm³/mol. The van der Waals surface area contributed by atoms with E-state index >= 15 is 0 Å². The van der Waals surface area contributed by atoms with Gasteiger partial charge in [-0.15, -0.1) is 0 Å². The predicted octanol–water partition coefficient (Wildman–Crippen LogP) is 2.37. The molecule has 0 aliphatic carbocycles. The average Bonchev–Trinajstić information content (AvgIpc) is 2.41. The number of benzene rings is 1. The summed E-state index contributed by atoms with van der Waals surface area (Å²) in [7, 11) is 0. The molecule has 96 valence electrons. The smallest absolute Gasteiger partial charge is 0.268 e.